The summed E-state index contributed by atoms with van der Waals surface area (Å²) in [6.07, 6.45) is 0. The first-order valence-corrected chi connectivity index (χ1v) is 7.47. The number of methoxy groups -OCH3 is 1. The lowest BCUT2D eigenvalue weighted by Gasteiger charge is -2.33. The number of ether oxygens (including phenoxy) is 2. The van der Waals surface area contributed by atoms with Gasteiger partial charge in [-0.3, -0.25) is 0 Å². The molecule has 0 unspecified atom stereocenters. The number of carbonyl (C=O) groups excluding carboxylic acids is 1. The molecule has 0 saturated carbocycles. The third-order valence-electron chi connectivity index (χ3n) is 3.34. The molecule has 1 aromatic rings. The maximum atomic E-state index is 11.9. The summed E-state index contributed by atoms with van der Waals surface area (Å²) < 4.78 is 10.4. The van der Waals surface area contributed by atoms with Crippen LogP contribution < -0.4 is 15.4 Å². The number of carbonyl (C=O) groups is 1. The van der Waals surface area contributed by atoms with E-state index in [2.05, 4.69) is 16.8 Å². The second-order valence-corrected chi connectivity index (χ2v) is 5.69. The van der Waals surface area contributed by atoms with Gasteiger partial charge in [-0.2, -0.15) is 0 Å². The number of anilines is 2. The fourth-order valence-electron chi connectivity index (χ4n) is 2.18. The summed E-state index contributed by atoms with van der Waals surface area (Å²) >= 11 is 1.35. The minimum absolute atomic E-state index is 0.336. The Bertz CT molecular complexity index is 481. The molecule has 0 spiro atoms. The smallest absolute Gasteiger partial charge is 0.350 e. The first-order chi connectivity index (χ1) is 9.58. The van der Waals surface area contributed by atoms with Gasteiger partial charge in [-0.25, -0.2) is 4.79 Å². The minimum Gasteiger partial charge on any atom is -0.492 e. The molecule has 2 N–H and O–H groups in total. The van der Waals surface area contributed by atoms with E-state index in [0.717, 1.165) is 31.2 Å². The van der Waals surface area contributed by atoms with Crippen molar-refractivity contribution in [3.05, 3.63) is 4.88 Å². The normalized spacial score (nSPS) is 16.2. The van der Waals surface area contributed by atoms with Crippen LogP contribution in [0.4, 0.5) is 10.7 Å². The van der Waals surface area contributed by atoms with Gasteiger partial charge in [0.05, 0.1) is 13.7 Å². The second-order valence-electron chi connectivity index (χ2n) is 4.69. The molecular weight excluding hydrogens is 278 g/mol. The van der Waals surface area contributed by atoms with Gasteiger partial charge in [0, 0.05) is 26.2 Å². The molecule has 0 amide bonds. The Morgan fingerprint density at radius 3 is 2.55 bits per heavy atom. The zero-order chi connectivity index (χ0) is 14.7. The molecule has 0 aliphatic carbocycles. The third kappa shape index (κ3) is 2.83. The summed E-state index contributed by atoms with van der Waals surface area (Å²) in [5.74, 6) is 0.205. The Morgan fingerprint density at radius 1 is 1.35 bits per heavy atom. The van der Waals surface area contributed by atoms with Gasteiger partial charge in [0.2, 0.25) is 0 Å². The topological polar surface area (TPSA) is 68.0 Å². The van der Waals surface area contributed by atoms with Gasteiger partial charge in [0.15, 0.2) is 5.75 Å². The van der Waals surface area contributed by atoms with Crippen LogP contribution in [0.15, 0.2) is 0 Å². The van der Waals surface area contributed by atoms with Gasteiger partial charge in [-0.05, 0) is 14.0 Å². The first-order valence-electron chi connectivity index (χ1n) is 6.65. The van der Waals surface area contributed by atoms with Crippen molar-refractivity contribution >= 4 is 28.0 Å². The number of piperazine rings is 1. The molecule has 0 radical (unpaired) electrons. The van der Waals surface area contributed by atoms with Crippen LogP contribution in [0.3, 0.4) is 0 Å². The Morgan fingerprint density at radius 2 is 2.00 bits per heavy atom. The highest BCUT2D eigenvalue weighted by Crippen LogP contribution is 2.45. The van der Waals surface area contributed by atoms with Crippen molar-refractivity contribution in [3.63, 3.8) is 0 Å². The molecule has 2 rings (SSSR count). The number of esters is 1. The Labute approximate surface area is 123 Å². The molecule has 1 aromatic heterocycles. The molecule has 20 heavy (non-hydrogen) atoms. The van der Waals surface area contributed by atoms with Crippen LogP contribution in [0.25, 0.3) is 0 Å². The predicted molar refractivity (Wildman–Crippen MR) is 80.9 cm³/mol. The lowest BCUT2D eigenvalue weighted by molar-refractivity contribution is 0.0533. The van der Waals surface area contributed by atoms with E-state index in [4.69, 9.17) is 15.2 Å². The Hall–Kier alpha value is -1.47. The molecule has 1 aliphatic rings. The highest BCUT2D eigenvalue weighted by atomic mass is 32.1. The van der Waals surface area contributed by atoms with E-state index >= 15 is 0 Å². The highest BCUT2D eigenvalue weighted by molar-refractivity contribution is 7.19. The number of likely N-dealkylation sites (N-methyl/N-ethyl adjacent to an activating group) is 1. The summed E-state index contributed by atoms with van der Waals surface area (Å²) in [5.41, 5.74) is 6.41. The zero-order valence-electron chi connectivity index (χ0n) is 12.1. The predicted octanol–water partition coefficient (Wildman–Crippen LogP) is 1.27. The number of hydrogen-bond acceptors (Lipinski definition) is 7. The van der Waals surface area contributed by atoms with Crippen LogP contribution >= 0.6 is 11.3 Å². The van der Waals surface area contributed by atoms with Gasteiger partial charge in [0.1, 0.15) is 15.6 Å². The van der Waals surface area contributed by atoms with Crippen molar-refractivity contribution in [1.82, 2.24) is 4.90 Å². The average Bonchev–Trinajstić information content (AvgIpc) is 2.77. The molecular formula is C13H21N3O3S. The lowest BCUT2D eigenvalue weighted by Crippen LogP contribution is -2.44. The monoisotopic (exact) mass is 299 g/mol. The quantitative estimate of drug-likeness (QED) is 0.845. The largest absolute Gasteiger partial charge is 0.492 e. The van der Waals surface area contributed by atoms with Crippen molar-refractivity contribution in [2.75, 3.05) is 57.6 Å². The fraction of sp³-hybridized carbons (Fsp3) is 0.615. The zero-order valence-corrected chi connectivity index (χ0v) is 13.0. The molecule has 6 nitrogen and oxygen atoms in total. The van der Waals surface area contributed by atoms with Crippen LogP contribution in [-0.2, 0) is 4.74 Å². The Kier molecular flexibility index (Phi) is 4.72. The van der Waals surface area contributed by atoms with Crippen molar-refractivity contribution < 1.29 is 14.3 Å². The standard InChI is InChI=1S/C13H21N3O3S/c1-4-19-13(17)11-9(14)10(18-3)12(20-11)16-7-5-15(2)6-8-16/h4-8,14H2,1-3H3. The first kappa shape index (κ1) is 14.9. The summed E-state index contributed by atoms with van der Waals surface area (Å²) in [4.78, 5) is 16.8. The summed E-state index contributed by atoms with van der Waals surface area (Å²) in [6.45, 7) is 5.87. The minimum atomic E-state index is -0.381. The van der Waals surface area contributed by atoms with Gasteiger partial charge < -0.3 is 25.0 Å². The number of nitrogens with two attached hydrogens (primary N) is 1. The second kappa shape index (κ2) is 6.32. The maximum absolute atomic E-state index is 11.9. The molecule has 0 bridgehead atoms. The highest BCUT2D eigenvalue weighted by Gasteiger charge is 2.27. The van der Waals surface area contributed by atoms with Crippen molar-refractivity contribution in [1.29, 1.82) is 0 Å². The van der Waals surface area contributed by atoms with Crippen LogP contribution in [-0.4, -0.2) is 57.8 Å². The van der Waals surface area contributed by atoms with Crippen LogP contribution in [0.1, 0.15) is 16.6 Å². The summed E-state index contributed by atoms with van der Waals surface area (Å²) in [7, 11) is 3.67. The van der Waals surface area contributed by atoms with Gasteiger partial charge in [0.25, 0.3) is 0 Å². The van der Waals surface area contributed by atoms with Crippen LogP contribution in [0.2, 0.25) is 0 Å². The molecule has 112 valence electrons. The molecule has 0 atom stereocenters. The van der Waals surface area contributed by atoms with E-state index in [1.807, 2.05) is 0 Å². The molecule has 1 fully saturated rings. The number of hydrogen-bond donors (Lipinski definition) is 1. The van der Waals surface area contributed by atoms with Crippen molar-refractivity contribution in [2.24, 2.45) is 0 Å². The van der Waals surface area contributed by atoms with E-state index in [-0.39, 0.29) is 5.97 Å². The summed E-state index contributed by atoms with van der Waals surface area (Å²) in [5, 5.41) is 0.918. The SMILES string of the molecule is CCOC(=O)c1sc(N2CCN(C)CC2)c(OC)c1N. The number of thiophene rings is 1. The van der Waals surface area contributed by atoms with Gasteiger partial charge in [-0.15, -0.1) is 11.3 Å². The van der Waals surface area contributed by atoms with Crippen molar-refractivity contribution in [2.45, 2.75) is 6.92 Å². The average molecular weight is 299 g/mol. The van der Waals surface area contributed by atoms with E-state index in [1.54, 1.807) is 14.0 Å². The fourth-order valence-corrected chi connectivity index (χ4v) is 3.32. The lowest BCUT2D eigenvalue weighted by atomic mass is 10.3. The van der Waals surface area contributed by atoms with Crippen LogP contribution in [0.5, 0.6) is 5.75 Å². The van der Waals surface area contributed by atoms with E-state index in [9.17, 15) is 4.79 Å². The molecule has 1 saturated heterocycles. The van der Waals surface area contributed by atoms with Gasteiger partial charge in [-0.1, -0.05) is 0 Å². The number of nitrogen functional groups attached to an aromatic ring is 1. The third-order valence-corrected chi connectivity index (χ3v) is 4.57. The Balaban J connectivity index is 2.28. The van der Waals surface area contributed by atoms with Crippen LogP contribution in [0, 0.1) is 0 Å². The summed E-state index contributed by atoms with van der Waals surface area (Å²) in [6, 6.07) is 0. The van der Waals surface area contributed by atoms with Gasteiger partial charge >= 0.3 is 5.97 Å². The number of nitrogens with zero attached hydrogens (tertiary/aromatic N) is 2. The molecule has 7 heteroatoms. The number of rotatable bonds is 4. The molecule has 0 aromatic carbocycles. The van der Waals surface area contributed by atoms with Crippen molar-refractivity contribution in [3.8, 4) is 5.75 Å². The molecule has 1 aliphatic heterocycles. The molecule has 2 heterocycles. The van der Waals surface area contributed by atoms with E-state index < -0.39 is 0 Å². The van der Waals surface area contributed by atoms with E-state index in [1.165, 1.54) is 11.3 Å². The maximum Gasteiger partial charge on any atom is 0.350 e. The van der Waals surface area contributed by atoms with E-state index in [0.29, 0.717) is 22.9 Å².